The number of fused-ring (bicyclic) bond motifs is 7. The Kier molecular flexibility index (Phi) is 18.7. The first kappa shape index (κ1) is 58.0. The number of nitrogens with two attached hydrogens (primary N) is 1. The number of aromatic nitrogens is 16. The van der Waals surface area contributed by atoms with Crippen molar-refractivity contribution < 1.29 is 9.32 Å². The van der Waals surface area contributed by atoms with Crippen molar-refractivity contribution in [3.8, 4) is 0 Å². The number of amides is 1. The van der Waals surface area contributed by atoms with Crippen LogP contribution in [0.2, 0.25) is 0 Å². The Morgan fingerprint density at radius 3 is 1.97 bits per heavy atom. The van der Waals surface area contributed by atoms with Gasteiger partial charge >= 0.3 is 0 Å². The first-order valence-electron chi connectivity index (χ1n) is 27.9. The number of aromatic amines is 2. The molecule has 1 amide bonds. The van der Waals surface area contributed by atoms with Crippen LogP contribution in [0.4, 0.5) is 5.82 Å². The SMILES string of the molecule is CNC(=O)c1ccccn1.Cc1[nH]nc2ncccc12.Cc1ccc2ncncc2c1.Cn1[nH]c(=O)c2ccccc21.Cn1nc2ccccc2n1.Nc1noc2ccccc12.c1ccc2c(c1)cnn2C1CC1.c1ccc2nn(C3CC3)cc2c1. The molecule has 0 aliphatic heterocycles. The maximum Gasteiger partial charge on any atom is 0.271 e. The van der Waals surface area contributed by atoms with E-state index < -0.39 is 0 Å². The summed E-state index contributed by atoms with van der Waals surface area (Å²) in [5.41, 5.74) is 16.0. The maximum absolute atomic E-state index is 11.1. The fourth-order valence-corrected chi connectivity index (χ4v) is 8.92. The third kappa shape index (κ3) is 15.1. The molecule has 9 aromatic heterocycles. The number of rotatable bonds is 3. The standard InChI is InChI=1S/2C10H10N2.C9H8N2.C8H8N2O.2C7H7N3.C7H6N2O.C7H8N2O/c1-2-4-10-8(3-1)7-12(11-10)9-5-6-9;1-2-4-10-8(3-1)7-11-12(10)9-5-6-9;1-7-2-3-9-8(4-7)5-10-6-11-9;1-10-7-5-3-2-4-6(7)8(11)9-10;1-10-8-6-4-2-3-5-7(6)9-10;1-5-6-3-2-4-8-7(6)10-9-5;8-7-5-3-1-2-4-6(5)10-9-7;1-8-7(10)6-4-2-3-5-9-6/h2*1-4,7,9H,5-6H2;2-6H,1H3;2-5H,1H3,(H,9,11);2-5H,1H3;2-4H,1H3,(H,8,9,10);1-4H,(H2,8,9);2-5H,1H3,(H,8,10). The molecule has 2 aliphatic rings. The molecule has 5 N–H and O–H groups in total. The molecule has 86 heavy (non-hydrogen) atoms. The number of carbonyl (C=O) groups excluding carboxylic acids is 1. The number of anilines is 1. The van der Waals surface area contributed by atoms with Crippen LogP contribution in [-0.4, -0.2) is 92.6 Å². The number of H-pyrrole nitrogens is 2. The monoisotopic (exact) mass is 1140 g/mol. The number of para-hydroxylation sites is 3. The minimum absolute atomic E-state index is 0.0249. The predicted octanol–water partition coefficient (Wildman–Crippen LogP) is 11.6. The summed E-state index contributed by atoms with van der Waals surface area (Å²) in [7, 11) is 5.22. The van der Waals surface area contributed by atoms with Crippen LogP contribution in [0.5, 0.6) is 0 Å². The molecule has 0 bridgehead atoms. The highest BCUT2D eigenvalue weighted by Gasteiger charge is 2.25. The van der Waals surface area contributed by atoms with Crippen molar-refractivity contribution in [3.05, 3.63) is 234 Å². The van der Waals surface area contributed by atoms with E-state index in [1.807, 2.05) is 130 Å². The number of hydrogen-bond acceptors (Lipinski definition) is 14. The summed E-state index contributed by atoms with van der Waals surface area (Å²) in [5, 5.41) is 39.0. The third-order valence-corrected chi connectivity index (χ3v) is 13.6. The molecular weight excluding hydrogens is 1080 g/mol. The van der Waals surface area contributed by atoms with Crippen LogP contribution in [0.3, 0.4) is 0 Å². The number of nitrogen functional groups attached to an aromatic ring is 1. The van der Waals surface area contributed by atoms with Crippen molar-refractivity contribution >= 4 is 88.4 Å². The van der Waals surface area contributed by atoms with Crippen LogP contribution in [0, 0.1) is 13.8 Å². The Bertz CT molecular complexity index is 4540. The second-order valence-corrected chi connectivity index (χ2v) is 20.1. The Hall–Kier alpha value is -11.2. The van der Waals surface area contributed by atoms with Crippen molar-refractivity contribution in [3.63, 3.8) is 0 Å². The number of aryl methyl sites for hydroxylation is 4. The molecule has 15 aromatic rings. The molecule has 6 aromatic carbocycles. The second-order valence-electron chi connectivity index (χ2n) is 20.1. The highest BCUT2D eigenvalue weighted by atomic mass is 16.5. The average molecular weight is 1150 g/mol. The lowest BCUT2D eigenvalue weighted by Gasteiger charge is -1.98. The molecule has 0 radical (unpaired) electrons. The van der Waals surface area contributed by atoms with Crippen LogP contribution in [0.25, 0.3) is 76.6 Å². The summed E-state index contributed by atoms with van der Waals surface area (Å²) in [4.78, 5) is 39.5. The fraction of sp³-hybridized carbons (Fsp3) is 0.169. The summed E-state index contributed by atoms with van der Waals surface area (Å²) < 4.78 is 10.8. The predicted molar refractivity (Wildman–Crippen MR) is 337 cm³/mol. The lowest BCUT2D eigenvalue weighted by Crippen LogP contribution is -2.18. The van der Waals surface area contributed by atoms with E-state index in [0.29, 0.717) is 23.6 Å². The maximum atomic E-state index is 11.1. The minimum Gasteiger partial charge on any atom is -0.380 e. The lowest BCUT2D eigenvalue weighted by atomic mass is 10.2. The van der Waals surface area contributed by atoms with E-state index in [0.717, 1.165) is 66.1 Å². The summed E-state index contributed by atoms with van der Waals surface area (Å²) >= 11 is 0. The Labute approximate surface area is 493 Å². The number of carbonyl (C=O) groups is 1. The van der Waals surface area contributed by atoms with Crippen LogP contribution < -0.4 is 16.6 Å². The molecule has 17 rings (SSSR count). The first-order valence-corrected chi connectivity index (χ1v) is 27.9. The zero-order valence-electron chi connectivity index (χ0n) is 48.2. The van der Waals surface area contributed by atoms with Gasteiger partial charge in [-0.05, 0) is 124 Å². The zero-order valence-corrected chi connectivity index (χ0v) is 48.2. The Morgan fingerprint density at radius 1 is 0.628 bits per heavy atom. The van der Waals surface area contributed by atoms with Crippen LogP contribution >= 0.6 is 0 Å². The van der Waals surface area contributed by atoms with E-state index in [1.54, 1.807) is 53.4 Å². The molecule has 0 atom stereocenters. The Balaban J connectivity index is 0.000000109. The van der Waals surface area contributed by atoms with Crippen LogP contribution in [0.1, 0.15) is 59.5 Å². The Morgan fingerprint density at radius 2 is 1.28 bits per heavy atom. The third-order valence-electron chi connectivity index (χ3n) is 13.6. The molecule has 9 heterocycles. The summed E-state index contributed by atoms with van der Waals surface area (Å²) in [5.74, 6) is 0.302. The second kappa shape index (κ2) is 27.7. The van der Waals surface area contributed by atoms with Crippen molar-refractivity contribution in [1.82, 2.24) is 84.9 Å². The fourth-order valence-electron chi connectivity index (χ4n) is 8.92. The van der Waals surface area contributed by atoms with Gasteiger partial charge < -0.3 is 15.6 Å². The molecular formula is C65H64N18O3. The molecule has 0 unspecified atom stereocenters. The molecule has 0 saturated heterocycles. The summed E-state index contributed by atoms with van der Waals surface area (Å²) in [6, 6.07) is 56.1. The van der Waals surface area contributed by atoms with Gasteiger partial charge in [-0.1, -0.05) is 95.6 Å². The van der Waals surface area contributed by atoms with Gasteiger partial charge in [0, 0.05) is 73.2 Å². The summed E-state index contributed by atoms with van der Waals surface area (Å²) in [6.45, 7) is 4.05. The van der Waals surface area contributed by atoms with Gasteiger partial charge in [0.2, 0.25) is 0 Å². The molecule has 0 spiro atoms. The largest absolute Gasteiger partial charge is 0.380 e. The molecule has 2 fully saturated rings. The van der Waals surface area contributed by atoms with Gasteiger partial charge in [-0.2, -0.15) is 30.3 Å². The van der Waals surface area contributed by atoms with Crippen molar-refractivity contribution in [2.24, 2.45) is 14.1 Å². The lowest BCUT2D eigenvalue weighted by molar-refractivity contribution is 0.0958. The number of benzene rings is 6. The van der Waals surface area contributed by atoms with Gasteiger partial charge in [0.15, 0.2) is 17.0 Å². The van der Waals surface area contributed by atoms with Gasteiger partial charge in [-0.25, -0.2) is 15.0 Å². The highest BCUT2D eigenvalue weighted by Crippen LogP contribution is 2.36. The number of hydrogen-bond donors (Lipinski definition) is 4. The number of nitrogens with one attached hydrogen (secondary N) is 3. The summed E-state index contributed by atoms with van der Waals surface area (Å²) in [6.07, 6.45) is 16.0. The van der Waals surface area contributed by atoms with E-state index in [-0.39, 0.29) is 11.5 Å². The topological polar surface area (TPSA) is 266 Å². The molecule has 21 nitrogen and oxygen atoms in total. The van der Waals surface area contributed by atoms with Gasteiger partial charge in [0.1, 0.15) is 23.1 Å². The van der Waals surface area contributed by atoms with E-state index in [1.165, 1.54) is 47.5 Å². The van der Waals surface area contributed by atoms with E-state index in [4.69, 9.17) is 10.3 Å². The minimum atomic E-state index is -0.152. The van der Waals surface area contributed by atoms with Crippen LogP contribution in [0.15, 0.2) is 216 Å². The quantitative estimate of drug-likeness (QED) is 0.128. The van der Waals surface area contributed by atoms with E-state index in [2.05, 4.69) is 143 Å². The molecule has 21 heteroatoms. The normalized spacial score (nSPS) is 12.1. The molecule has 2 saturated carbocycles. The van der Waals surface area contributed by atoms with Crippen molar-refractivity contribution in [2.75, 3.05) is 12.8 Å². The highest BCUT2D eigenvalue weighted by molar-refractivity contribution is 5.92. The number of pyridine rings is 2. The van der Waals surface area contributed by atoms with Gasteiger partial charge in [-0.3, -0.25) is 38.8 Å². The first-order chi connectivity index (χ1) is 42.0. The van der Waals surface area contributed by atoms with Gasteiger partial charge in [0.05, 0.1) is 51.1 Å². The van der Waals surface area contributed by atoms with Crippen molar-refractivity contribution in [2.45, 2.75) is 51.6 Å². The smallest absolute Gasteiger partial charge is 0.271 e. The van der Waals surface area contributed by atoms with Crippen LogP contribution in [-0.2, 0) is 14.1 Å². The molecule has 432 valence electrons. The van der Waals surface area contributed by atoms with Gasteiger partial charge in [-0.15, -0.1) is 0 Å². The van der Waals surface area contributed by atoms with E-state index >= 15 is 0 Å². The molecule has 2 aliphatic carbocycles. The average Bonchev–Trinajstić information content (AvgIpc) is 3.40. The van der Waals surface area contributed by atoms with Crippen molar-refractivity contribution in [1.29, 1.82) is 0 Å². The van der Waals surface area contributed by atoms with E-state index in [9.17, 15) is 9.59 Å². The van der Waals surface area contributed by atoms with Gasteiger partial charge in [0.25, 0.3) is 11.5 Å². The number of nitrogens with zero attached hydrogens (tertiary/aromatic N) is 14. The zero-order chi connectivity index (χ0) is 59.8.